The Hall–Kier alpha value is -3.17. The standard InChI is InChI=1S/C26H28N2O5S2/c1-15-8-7-10-20(17(15)3)28-35(31,32)22-14-18(13-12-16(22)2)24(29)27-25-23(26(30)33-4)19-9-5-6-11-21(19)34-25/h7-8,10,12-14,28H,5-6,9,11H2,1-4H3,(H,27,29). The topological polar surface area (TPSA) is 102 Å². The maximum atomic E-state index is 13.2. The molecule has 2 N–H and O–H groups in total. The molecule has 0 radical (unpaired) electrons. The third-order valence-electron chi connectivity index (χ3n) is 6.38. The monoisotopic (exact) mass is 512 g/mol. The normalized spacial score (nSPS) is 13.1. The van der Waals surface area contributed by atoms with Crippen LogP contribution in [0.25, 0.3) is 0 Å². The summed E-state index contributed by atoms with van der Waals surface area (Å²) in [7, 11) is -2.62. The van der Waals surface area contributed by atoms with Crippen LogP contribution in [0.5, 0.6) is 0 Å². The highest BCUT2D eigenvalue weighted by Crippen LogP contribution is 2.39. The van der Waals surface area contributed by atoms with E-state index in [9.17, 15) is 18.0 Å². The summed E-state index contributed by atoms with van der Waals surface area (Å²) < 4.78 is 34.1. The van der Waals surface area contributed by atoms with E-state index in [1.807, 2.05) is 19.9 Å². The maximum Gasteiger partial charge on any atom is 0.341 e. The number of methoxy groups -OCH3 is 1. The molecule has 0 fully saturated rings. The van der Waals surface area contributed by atoms with Crippen molar-refractivity contribution in [3.63, 3.8) is 0 Å². The number of thiophene rings is 1. The van der Waals surface area contributed by atoms with Gasteiger partial charge < -0.3 is 10.1 Å². The van der Waals surface area contributed by atoms with E-state index < -0.39 is 21.9 Å². The Kier molecular flexibility index (Phi) is 7.00. The summed E-state index contributed by atoms with van der Waals surface area (Å²) in [6.07, 6.45) is 3.64. The molecule has 1 aliphatic rings. The minimum Gasteiger partial charge on any atom is -0.465 e. The Morgan fingerprint density at radius 2 is 1.74 bits per heavy atom. The molecule has 0 spiro atoms. The Morgan fingerprint density at radius 3 is 2.49 bits per heavy atom. The number of anilines is 2. The van der Waals surface area contributed by atoms with E-state index in [4.69, 9.17) is 4.74 Å². The molecule has 184 valence electrons. The summed E-state index contributed by atoms with van der Waals surface area (Å²) in [6, 6.07) is 9.95. The number of aryl methyl sites for hydroxylation is 3. The van der Waals surface area contributed by atoms with Crippen molar-refractivity contribution in [2.24, 2.45) is 0 Å². The zero-order valence-electron chi connectivity index (χ0n) is 20.2. The summed E-state index contributed by atoms with van der Waals surface area (Å²) in [5.74, 6) is -0.971. The number of amides is 1. The molecule has 0 saturated carbocycles. The van der Waals surface area contributed by atoms with Crippen LogP contribution in [-0.4, -0.2) is 27.4 Å². The quantitative estimate of drug-likeness (QED) is 0.431. The fourth-order valence-corrected chi connectivity index (χ4v) is 6.91. The summed E-state index contributed by atoms with van der Waals surface area (Å²) in [5, 5.41) is 3.26. The molecule has 1 heterocycles. The number of benzene rings is 2. The number of carbonyl (C=O) groups excluding carboxylic acids is 2. The van der Waals surface area contributed by atoms with Gasteiger partial charge in [0.1, 0.15) is 5.00 Å². The number of fused-ring (bicyclic) bond motifs is 1. The molecular formula is C26H28N2O5S2. The number of carbonyl (C=O) groups is 2. The first-order chi connectivity index (χ1) is 16.6. The number of hydrogen-bond donors (Lipinski definition) is 2. The predicted molar refractivity (Wildman–Crippen MR) is 138 cm³/mol. The van der Waals surface area contributed by atoms with Crippen molar-refractivity contribution in [1.29, 1.82) is 0 Å². The van der Waals surface area contributed by atoms with Gasteiger partial charge in [0.2, 0.25) is 0 Å². The largest absolute Gasteiger partial charge is 0.465 e. The van der Waals surface area contributed by atoms with E-state index in [-0.39, 0.29) is 10.5 Å². The molecule has 0 aliphatic heterocycles. The van der Waals surface area contributed by atoms with Crippen molar-refractivity contribution in [2.75, 3.05) is 17.1 Å². The molecule has 2 aromatic carbocycles. The van der Waals surface area contributed by atoms with Gasteiger partial charge in [0.15, 0.2) is 0 Å². The summed E-state index contributed by atoms with van der Waals surface area (Å²) in [4.78, 5) is 26.8. The first kappa shape index (κ1) is 24.9. The van der Waals surface area contributed by atoms with Crippen molar-refractivity contribution in [3.8, 4) is 0 Å². The number of rotatable bonds is 6. The van der Waals surface area contributed by atoms with E-state index in [2.05, 4.69) is 10.0 Å². The lowest BCUT2D eigenvalue weighted by Gasteiger charge is -2.14. The fraction of sp³-hybridized carbons (Fsp3) is 0.308. The van der Waals surface area contributed by atoms with Crippen LogP contribution >= 0.6 is 11.3 Å². The van der Waals surface area contributed by atoms with Gasteiger partial charge in [-0.15, -0.1) is 11.3 Å². The van der Waals surface area contributed by atoms with Crippen molar-refractivity contribution >= 4 is 43.9 Å². The molecule has 35 heavy (non-hydrogen) atoms. The first-order valence-electron chi connectivity index (χ1n) is 11.4. The van der Waals surface area contributed by atoms with Gasteiger partial charge in [-0.1, -0.05) is 18.2 Å². The highest BCUT2D eigenvalue weighted by atomic mass is 32.2. The zero-order chi connectivity index (χ0) is 25.3. The van der Waals surface area contributed by atoms with Gasteiger partial charge in [-0.3, -0.25) is 9.52 Å². The van der Waals surface area contributed by atoms with Crippen molar-refractivity contribution in [3.05, 3.63) is 74.7 Å². The van der Waals surface area contributed by atoms with Crippen LogP contribution in [0.1, 0.15) is 60.7 Å². The van der Waals surface area contributed by atoms with Crippen molar-refractivity contribution in [1.82, 2.24) is 0 Å². The number of esters is 1. The van der Waals surface area contributed by atoms with E-state index in [0.717, 1.165) is 47.3 Å². The average Bonchev–Trinajstić information content (AvgIpc) is 3.19. The van der Waals surface area contributed by atoms with Crippen LogP contribution in [0.3, 0.4) is 0 Å². The molecule has 4 rings (SSSR count). The van der Waals surface area contributed by atoms with Crippen LogP contribution in [0.4, 0.5) is 10.7 Å². The molecule has 1 aliphatic carbocycles. The molecule has 1 aromatic heterocycles. The Morgan fingerprint density at radius 1 is 1.00 bits per heavy atom. The van der Waals surface area contributed by atoms with Crippen LogP contribution in [-0.2, 0) is 27.6 Å². The summed E-state index contributed by atoms with van der Waals surface area (Å²) >= 11 is 1.38. The molecule has 9 heteroatoms. The van der Waals surface area contributed by atoms with Gasteiger partial charge >= 0.3 is 5.97 Å². The van der Waals surface area contributed by atoms with Gasteiger partial charge in [-0.05, 0) is 86.9 Å². The molecule has 0 bridgehead atoms. The highest BCUT2D eigenvalue weighted by Gasteiger charge is 2.28. The summed E-state index contributed by atoms with van der Waals surface area (Å²) in [6.45, 7) is 5.44. The van der Waals surface area contributed by atoms with Crippen LogP contribution < -0.4 is 10.0 Å². The lowest BCUT2D eigenvalue weighted by atomic mass is 9.95. The van der Waals surface area contributed by atoms with E-state index in [1.165, 1.54) is 24.5 Å². The maximum absolute atomic E-state index is 13.2. The fourth-order valence-electron chi connectivity index (χ4n) is 4.24. The van der Waals surface area contributed by atoms with E-state index >= 15 is 0 Å². The lowest BCUT2D eigenvalue weighted by Crippen LogP contribution is -2.18. The third-order valence-corrected chi connectivity index (χ3v) is 9.09. The smallest absolute Gasteiger partial charge is 0.341 e. The molecular weight excluding hydrogens is 484 g/mol. The minimum absolute atomic E-state index is 0.0183. The molecule has 3 aromatic rings. The molecule has 7 nitrogen and oxygen atoms in total. The zero-order valence-corrected chi connectivity index (χ0v) is 21.8. The van der Waals surface area contributed by atoms with Crippen LogP contribution in [0.2, 0.25) is 0 Å². The SMILES string of the molecule is COC(=O)c1c(NC(=O)c2ccc(C)c(S(=O)(=O)Nc3cccc(C)c3C)c2)sc2c1CCCC2. The first-order valence-corrected chi connectivity index (χ1v) is 13.7. The van der Waals surface area contributed by atoms with Gasteiger partial charge in [-0.2, -0.15) is 0 Å². The van der Waals surface area contributed by atoms with Crippen LogP contribution in [0.15, 0.2) is 41.3 Å². The van der Waals surface area contributed by atoms with Crippen molar-refractivity contribution in [2.45, 2.75) is 51.3 Å². The number of ether oxygens (including phenoxy) is 1. The number of hydrogen-bond acceptors (Lipinski definition) is 6. The second-order valence-corrected chi connectivity index (χ2v) is 11.4. The van der Waals surface area contributed by atoms with Crippen LogP contribution in [0, 0.1) is 20.8 Å². The lowest BCUT2D eigenvalue weighted by molar-refractivity contribution is 0.0601. The van der Waals surface area contributed by atoms with Gasteiger partial charge in [0, 0.05) is 10.4 Å². The van der Waals surface area contributed by atoms with Gasteiger partial charge in [0.05, 0.1) is 23.3 Å². The Bertz CT molecular complexity index is 1420. The number of nitrogens with one attached hydrogen (secondary N) is 2. The predicted octanol–water partition coefficient (Wildman–Crippen LogP) is 5.39. The molecule has 0 atom stereocenters. The summed E-state index contributed by atoms with van der Waals surface area (Å²) in [5.41, 5.74) is 4.33. The van der Waals surface area contributed by atoms with E-state index in [1.54, 1.807) is 31.2 Å². The molecule has 0 unspecified atom stereocenters. The van der Waals surface area contributed by atoms with Crippen molar-refractivity contribution < 1.29 is 22.7 Å². The highest BCUT2D eigenvalue weighted by molar-refractivity contribution is 7.92. The molecule has 0 saturated heterocycles. The second-order valence-electron chi connectivity index (χ2n) is 8.69. The number of sulfonamides is 1. The Labute approximate surface area is 209 Å². The second kappa shape index (κ2) is 9.83. The minimum atomic E-state index is -3.94. The van der Waals surface area contributed by atoms with Gasteiger partial charge in [0.25, 0.3) is 15.9 Å². The van der Waals surface area contributed by atoms with E-state index in [0.29, 0.717) is 21.8 Å². The molecule has 1 amide bonds. The van der Waals surface area contributed by atoms with Gasteiger partial charge in [-0.25, -0.2) is 13.2 Å². The third kappa shape index (κ3) is 4.97. The Balaban J connectivity index is 1.65. The average molecular weight is 513 g/mol.